The standard InChI is InChI=1S/C41H57FN4O9/c1-7-8-13-25(4)35-16-11-9-10-15-34(49)27(6)37(50)31(18-17-26(5)47)38(51)44-36(24(2)3)39(52)43-33(22-28-20-29(42)23-30(48)21-28)40(53)46-19-12-14-32(45-46)41(54)55-35/h7-11,13,15,20-21,23-24,27,31-37,45,48-50H,12,14,16-19,22H2,1-6H3,(H,43,52)(H,44,51)/b8-7+,11-9+,15-10+,25-13+/t27-,31+,32?,33-,34-,35-,36-,37+/m0/s1. The summed E-state index contributed by atoms with van der Waals surface area (Å²) in [5, 5.41) is 39.1. The van der Waals surface area contributed by atoms with Crippen molar-refractivity contribution in [3.63, 3.8) is 0 Å². The second-order valence-electron chi connectivity index (χ2n) is 14.7. The number of hydrogen-bond acceptors (Lipinski definition) is 10. The molecule has 2 heterocycles. The zero-order chi connectivity index (χ0) is 40.8. The maximum Gasteiger partial charge on any atom is 0.325 e. The van der Waals surface area contributed by atoms with Crippen molar-refractivity contribution in [3.8, 4) is 5.75 Å². The minimum atomic E-state index is -1.42. The fraction of sp³-hybridized carbons (Fsp3) is 0.537. The zero-order valence-electron chi connectivity index (χ0n) is 32.5. The molecule has 13 nitrogen and oxygen atoms in total. The number of esters is 1. The number of amides is 3. The Kier molecular flexibility index (Phi) is 17.4. The number of cyclic esters (lactones) is 1. The van der Waals surface area contributed by atoms with Crippen LogP contribution in [0.5, 0.6) is 5.75 Å². The number of fused-ring (bicyclic) bond motifs is 2. The summed E-state index contributed by atoms with van der Waals surface area (Å²) >= 11 is 0. The van der Waals surface area contributed by atoms with E-state index in [1.54, 1.807) is 39.0 Å². The van der Waals surface area contributed by atoms with Crippen LogP contribution in [0.2, 0.25) is 0 Å². The highest BCUT2D eigenvalue weighted by Gasteiger charge is 2.38. The van der Waals surface area contributed by atoms with Gasteiger partial charge in [-0.2, -0.15) is 0 Å². The van der Waals surface area contributed by atoms with Crippen LogP contribution < -0.4 is 16.1 Å². The number of phenols is 1. The summed E-state index contributed by atoms with van der Waals surface area (Å²) < 4.78 is 20.3. The van der Waals surface area contributed by atoms with E-state index in [4.69, 9.17) is 4.74 Å². The van der Waals surface area contributed by atoms with Crippen LogP contribution >= 0.6 is 0 Å². The van der Waals surface area contributed by atoms with Crippen molar-refractivity contribution in [3.05, 3.63) is 77.7 Å². The number of carbonyl (C=O) groups is 5. The van der Waals surface area contributed by atoms with E-state index in [1.165, 1.54) is 24.1 Å². The number of aliphatic hydroxyl groups is 2. The van der Waals surface area contributed by atoms with Crippen molar-refractivity contribution in [1.29, 1.82) is 0 Å². The van der Waals surface area contributed by atoms with Crippen molar-refractivity contribution in [2.24, 2.45) is 17.8 Å². The number of rotatable bonds is 8. The lowest BCUT2D eigenvalue weighted by Crippen LogP contribution is -2.62. The van der Waals surface area contributed by atoms with Crippen LogP contribution in [0.25, 0.3) is 0 Å². The van der Waals surface area contributed by atoms with Gasteiger partial charge in [0.25, 0.3) is 5.91 Å². The van der Waals surface area contributed by atoms with Crippen LogP contribution in [0.4, 0.5) is 4.39 Å². The van der Waals surface area contributed by atoms with Crippen LogP contribution in [-0.4, -0.2) is 92.8 Å². The van der Waals surface area contributed by atoms with Crippen molar-refractivity contribution in [2.75, 3.05) is 6.54 Å². The predicted octanol–water partition coefficient (Wildman–Crippen LogP) is 3.49. The minimum Gasteiger partial charge on any atom is -0.508 e. The molecule has 1 aromatic rings. The van der Waals surface area contributed by atoms with Gasteiger partial charge in [-0.3, -0.25) is 24.2 Å². The maximum atomic E-state index is 14.4. The Morgan fingerprint density at radius 3 is 2.45 bits per heavy atom. The number of halogens is 1. The molecule has 6 N–H and O–H groups in total. The van der Waals surface area contributed by atoms with Crippen molar-refractivity contribution >= 4 is 29.5 Å². The molecule has 55 heavy (non-hydrogen) atoms. The van der Waals surface area contributed by atoms with E-state index >= 15 is 0 Å². The lowest BCUT2D eigenvalue weighted by Gasteiger charge is -2.36. The Hall–Kier alpha value is -4.66. The van der Waals surface area contributed by atoms with Crippen LogP contribution in [-0.2, 0) is 35.1 Å². The molecule has 302 valence electrons. The first kappa shape index (κ1) is 44.7. The number of hydrazine groups is 1. The molecule has 2 aliphatic rings. The van der Waals surface area contributed by atoms with Gasteiger partial charge in [0.05, 0.1) is 18.1 Å². The summed E-state index contributed by atoms with van der Waals surface area (Å²) in [7, 11) is 0. The monoisotopic (exact) mass is 768 g/mol. The molecular formula is C41H57FN4O9. The SMILES string of the molecule is C/C=C/C=C(\C)[C@@H]1C/C=C/C=C/[C@H](O)[C@H](C)[C@@H](O)[C@@H](CCC(C)=O)C(=O)N[C@@H](C(C)C)C(=O)N[C@@H](Cc2cc(O)cc(F)c2)C(=O)N2CCCC(N2)C(=O)O1. The summed E-state index contributed by atoms with van der Waals surface area (Å²) in [5.74, 6) is -6.68. The molecule has 0 saturated carbocycles. The first-order valence-electron chi connectivity index (χ1n) is 18.9. The number of ether oxygens (including phenoxy) is 1. The Morgan fingerprint density at radius 1 is 1.07 bits per heavy atom. The third-order valence-corrected chi connectivity index (χ3v) is 9.84. The number of aromatic hydroxyl groups is 1. The van der Waals surface area contributed by atoms with Crippen molar-refractivity contribution < 1.29 is 48.4 Å². The van der Waals surface area contributed by atoms with Gasteiger partial charge in [0.15, 0.2) is 0 Å². The van der Waals surface area contributed by atoms with Crippen LogP contribution in [0.1, 0.15) is 79.2 Å². The average molecular weight is 769 g/mol. The van der Waals surface area contributed by atoms with Gasteiger partial charge in [-0.05, 0) is 69.2 Å². The van der Waals surface area contributed by atoms with E-state index < -0.39 is 83.7 Å². The first-order chi connectivity index (χ1) is 26.0. The average Bonchev–Trinajstić information content (AvgIpc) is 3.13. The molecule has 0 spiro atoms. The number of hydrogen-bond donors (Lipinski definition) is 6. The molecule has 2 bridgehead atoms. The van der Waals surface area contributed by atoms with Gasteiger partial charge in [0.2, 0.25) is 11.8 Å². The van der Waals surface area contributed by atoms with Crippen molar-refractivity contribution in [1.82, 2.24) is 21.1 Å². The highest BCUT2D eigenvalue weighted by atomic mass is 19.1. The largest absolute Gasteiger partial charge is 0.508 e. The number of phenolic OH excluding ortho intramolecular Hbond substituents is 1. The summed E-state index contributed by atoms with van der Waals surface area (Å²) in [6.45, 7) is 10.1. The normalized spacial score (nSPS) is 29.5. The molecule has 1 fully saturated rings. The maximum absolute atomic E-state index is 14.4. The minimum absolute atomic E-state index is 0.0381. The van der Waals surface area contributed by atoms with Gasteiger partial charge >= 0.3 is 5.97 Å². The van der Waals surface area contributed by atoms with Crippen LogP contribution in [0.3, 0.4) is 0 Å². The lowest BCUT2D eigenvalue weighted by molar-refractivity contribution is -0.156. The number of Topliss-reactive ketones (excluding diaryl/α,β-unsaturated/α-hetero) is 1. The third-order valence-electron chi connectivity index (χ3n) is 9.84. The van der Waals surface area contributed by atoms with Gasteiger partial charge in [-0.1, -0.05) is 63.3 Å². The molecule has 0 aliphatic carbocycles. The number of benzene rings is 1. The molecule has 3 amide bonds. The lowest BCUT2D eigenvalue weighted by atomic mass is 9.84. The summed E-state index contributed by atoms with van der Waals surface area (Å²) in [4.78, 5) is 67.6. The fourth-order valence-electron chi connectivity index (χ4n) is 6.47. The molecule has 1 aromatic carbocycles. The van der Waals surface area contributed by atoms with E-state index in [0.717, 1.165) is 17.7 Å². The van der Waals surface area contributed by atoms with Gasteiger partial charge in [0, 0.05) is 37.8 Å². The quantitative estimate of drug-likeness (QED) is 0.169. The second-order valence-corrected chi connectivity index (χ2v) is 14.7. The Labute approximate surface area is 322 Å². The second kappa shape index (κ2) is 21.4. The number of aliphatic hydroxyl groups excluding tert-OH is 2. The molecule has 3 rings (SSSR count). The highest BCUT2D eigenvalue weighted by Crippen LogP contribution is 2.24. The molecular weight excluding hydrogens is 711 g/mol. The van der Waals surface area contributed by atoms with Crippen molar-refractivity contribution in [2.45, 2.75) is 117 Å². The van der Waals surface area contributed by atoms with E-state index in [1.807, 2.05) is 32.1 Å². The number of nitrogens with one attached hydrogen (secondary N) is 3. The topological polar surface area (TPSA) is 195 Å². The van der Waals surface area contributed by atoms with Crippen LogP contribution in [0, 0.1) is 23.6 Å². The number of nitrogens with zero attached hydrogens (tertiary/aromatic N) is 1. The molecule has 1 unspecified atom stereocenters. The Morgan fingerprint density at radius 2 is 1.80 bits per heavy atom. The van der Waals surface area contributed by atoms with Gasteiger partial charge in [-0.25, -0.2) is 9.82 Å². The smallest absolute Gasteiger partial charge is 0.325 e. The molecule has 0 radical (unpaired) electrons. The molecule has 2 aliphatic heterocycles. The predicted molar refractivity (Wildman–Crippen MR) is 204 cm³/mol. The number of ketones is 1. The van der Waals surface area contributed by atoms with E-state index in [2.05, 4.69) is 16.1 Å². The molecule has 0 aromatic heterocycles. The van der Waals surface area contributed by atoms with E-state index in [-0.39, 0.29) is 49.3 Å². The fourth-order valence-corrected chi connectivity index (χ4v) is 6.47. The van der Waals surface area contributed by atoms with Gasteiger partial charge in [0.1, 0.15) is 41.6 Å². The van der Waals surface area contributed by atoms with Crippen LogP contribution in [0.15, 0.2) is 66.3 Å². The Balaban J connectivity index is 2.09. The summed E-state index contributed by atoms with van der Waals surface area (Å²) in [6, 6.07) is -0.205. The summed E-state index contributed by atoms with van der Waals surface area (Å²) in [6.07, 6.45) is 9.35. The molecule has 8 atom stereocenters. The van der Waals surface area contributed by atoms with E-state index in [0.29, 0.717) is 12.8 Å². The Bertz CT molecular complexity index is 1620. The summed E-state index contributed by atoms with van der Waals surface area (Å²) in [5.41, 5.74) is 3.90. The van der Waals surface area contributed by atoms with Gasteiger partial charge < -0.3 is 35.5 Å². The highest BCUT2D eigenvalue weighted by molar-refractivity contribution is 5.93. The first-order valence-corrected chi connectivity index (χ1v) is 18.9. The molecule has 1 saturated heterocycles. The number of carbonyl (C=O) groups excluding carboxylic acids is 5. The van der Waals surface area contributed by atoms with E-state index in [9.17, 15) is 43.7 Å². The molecule has 14 heteroatoms. The van der Waals surface area contributed by atoms with Gasteiger partial charge in [-0.15, -0.1) is 0 Å². The third kappa shape index (κ3) is 13.5. The number of allylic oxidation sites excluding steroid dienone is 5. The zero-order valence-corrected chi connectivity index (χ0v) is 32.5.